The molecule has 2 unspecified atom stereocenters. The van der Waals surface area contributed by atoms with Crippen molar-refractivity contribution in [1.82, 2.24) is 0 Å². The maximum absolute atomic E-state index is 2.39. The van der Waals surface area contributed by atoms with Crippen molar-refractivity contribution in [2.24, 2.45) is 11.8 Å². The molecule has 0 aromatic heterocycles. The van der Waals surface area contributed by atoms with E-state index in [0.717, 1.165) is 11.8 Å². The number of hydrogen-bond donors (Lipinski definition) is 0. The lowest BCUT2D eigenvalue weighted by Gasteiger charge is -2.10. The highest BCUT2D eigenvalue weighted by Gasteiger charge is 2.31. The van der Waals surface area contributed by atoms with Gasteiger partial charge in [0.2, 0.25) is 0 Å². The second kappa shape index (κ2) is 2.93. The van der Waals surface area contributed by atoms with Crippen LogP contribution >= 0.6 is 0 Å². The van der Waals surface area contributed by atoms with E-state index in [-0.39, 0.29) is 0 Å². The molecule has 0 heteroatoms. The highest BCUT2D eigenvalue weighted by Crippen LogP contribution is 2.44. The second-order valence-corrected chi connectivity index (χ2v) is 3.90. The van der Waals surface area contributed by atoms with Crippen molar-refractivity contribution in [1.29, 1.82) is 0 Å². The number of allylic oxidation sites excluding steroid dienone is 6. The second-order valence-electron chi connectivity index (χ2n) is 3.90. The largest absolute Gasteiger partial charge is 0.0874 e. The van der Waals surface area contributed by atoms with E-state index >= 15 is 0 Å². The number of hydrogen-bond acceptors (Lipinski definition) is 0. The van der Waals surface area contributed by atoms with Crippen LogP contribution in [0.15, 0.2) is 35.5 Å². The van der Waals surface area contributed by atoms with Gasteiger partial charge >= 0.3 is 0 Å². The molecule has 2 aliphatic carbocycles. The van der Waals surface area contributed by atoms with Crippen molar-refractivity contribution in [3.8, 4) is 0 Å². The summed E-state index contributed by atoms with van der Waals surface area (Å²) in [7, 11) is 0. The zero-order chi connectivity index (χ0) is 8.55. The molecule has 0 nitrogen and oxygen atoms in total. The average molecular weight is 160 g/mol. The van der Waals surface area contributed by atoms with Crippen molar-refractivity contribution in [2.45, 2.75) is 26.7 Å². The Bertz CT molecular complexity index is 266. The van der Waals surface area contributed by atoms with Crippen LogP contribution in [0, 0.1) is 11.8 Å². The molecular weight excluding hydrogens is 144 g/mol. The van der Waals surface area contributed by atoms with Crippen molar-refractivity contribution in [3.05, 3.63) is 35.5 Å². The van der Waals surface area contributed by atoms with Crippen molar-refractivity contribution >= 4 is 0 Å². The molecule has 2 bridgehead atoms. The molecule has 2 rings (SSSR count). The van der Waals surface area contributed by atoms with E-state index < -0.39 is 0 Å². The molecule has 12 heavy (non-hydrogen) atoms. The lowest BCUT2D eigenvalue weighted by molar-refractivity contribution is 0.693. The summed E-state index contributed by atoms with van der Waals surface area (Å²) in [5.74, 6) is 1.65. The van der Waals surface area contributed by atoms with Crippen molar-refractivity contribution in [2.75, 3.05) is 0 Å². The van der Waals surface area contributed by atoms with Gasteiger partial charge in [-0.15, -0.1) is 0 Å². The summed E-state index contributed by atoms with van der Waals surface area (Å²) in [6.45, 7) is 4.33. The summed E-state index contributed by atoms with van der Waals surface area (Å²) in [6.07, 6.45) is 11.8. The van der Waals surface area contributed by atoms with Gasteiger partial charge in [0.05, 0.1) is 0 Å². The summed E-state index contributed by atoms with van der Waals surface area (Å²) < 4.78 is 0. The van der Waals surface area contributed by atoms with E-state index in [1.54, 1.807) is 5.57 Å². The van der Waals surface area contributed by atoms with Crippen LogP contribution in [0.4, 0.5) is 0 Å². The summed E-state index contributed by atoms with van der Waals surface area (Å²) in [5, 5.41) is 0. The van der Waals surface area contributed by atoms with Crippen LogP contribution in [0.1, 0.15) is 26.7 Å². The Labute approximate surface area is 74.7 Å². The Morgan fingerprint density at radius 3 is 2.83 bits per heavy atom. The van der Waals surface area contributed by atoms with Gasteiger partial charge < -0.3 is 0 Å². The normalized spacial score (nSPS) is 36.8. The van der Waals surface area contributed by atoms with Crippen LogP contribution in [0.3, 0.4) is 0 Å². The van der Waals surface area contributed by atoms with Gasteiger partial charge in [-0.2, -0.15) is 0 Å². The van der Waals surface area contributed by atoms with Crippen molar-refractivity contribution < 1.29 is 0 Å². The van der Waals surface area contributed by atoms with Crippen LogP contribution in [0.25, 0.3) is 0 Å². The first-order valence-electron chi connectivity index (χ1n) is 4.82. The van der Waals surface area contributed by atoms with Crippen LogP contribution < -0.4 is 0 Å². The maximum Gasteiger partial charge on any atom is -0.00115 e. The topological polar surface area (TPSA) is 0 Å². The molecular formula is C12H16. The van der Waals surface area contributed by atoms with Gasteiger partial charge in [-0.25, -0.2) is 0 Å². The SMILES string of the molecule is CC=CC(C)=C1CC2C=CC1C2. The van der Waals surface area contributed by atoms with Gasteiger partial charge in [0.1, 0.15) is 0 Å². The minimum atomic E-state index is 0.784. The smallest absolute Gasteiger partial charge is 0.00115 e. The summed E-state index contributed by atoms with van der Waals surface area (Å²) in [5.41, 5.74) is 3.18. The zero-order valence-corrected chi connectivity index (χ0v) is 7.88. The Kier molecular flexibility index (Phi) is 1.92. The fourth-order valence-corrected chi connectivity index (χ4v) is 2.43. The lowest BCUT2D eigenvalue weighted by Crippen LogP contribution is -1.94. The van der Waals surface area contributed by atoms with Gasteiger partial charge in [-0.3, -0.25) is 0 Å². The summed E-state index contributed by atoms with van der Waals surface area (Å²) in [6, 6.07) is 0. The van der Waals surface area contributed by atoms with Crippen molar-refractivity contribution in [3.63, 3.8) is 0 Å². The lowest BCUT2D eigenvalue weighted by atomic mass is 9.96. The molecule has 0 radical (unpaired) electrons. The molecule has 2 aliphatic rings. The van der Waals surface area contributed by atoms with E-state index in [2.05, 4.69) is 38.2 Å². The van der Waals surface area contributed by atoms with Gasteiger partial charge in [-0.05, 0) is 38.5 Å². The van der Waals surface area contributed by atoms with E-state index in [1.165, 1.54) is 18.4 Å². The molecule has 0 spiro atoms. The molecule has 0 aromatic rings. The molecule has 1 saturated carbocycles. The van der Waals surface area contributed by atoms with Crippen LogP contribution in [0.5, 0.6) is 0 Å². The third kappa shape index (κ3) is 1.16. The van der Waals surface area contributed by atoms with Crippen LogP contribution in [0.2, 0.25) is 0 Å². The molecule has 1 fully saturated rings. The number of fused-ring (bicyclic) bond motifs is 2. The molecule has 0 aromatic carbocycles. The quantitative estimate of drug-likeness (QED) is 0.515. The first-order chi connectivity index (χ1) is 5.81. The average Bonchev–Trinajstić information content (AvgIpc) is 2.64. The highest BCUT2D eigenvalue weighted by molar-refractivity contribution is 5.35. The van der Waals surface area contributed by atoms with E-state index in [4.69, 9.17) is 0 Å². The van der Waals surface area contributed by atoms with Gasteiger partial charge in [0, 0.05) is 0 Å². The van der Waals surface area contributed by atoms with E-state index in [9.17, 15) is 0 Å². The molecule has 0 amide bonds. The van der Waals surface area contributed by atoms with Gasteiger partial charge in [0.25, 0.3) is 0 Å². The fraction of sp³-hybridized carbons (Fsp3) is 0.500. The molecule has 2 atom stereocenters. The number of rotatable bonds is 1. The third-order valence-corrected chi connectivity index (χ3v) is 3.03. The summed E-state index contributed by atoms with van der Waals surface area (Å²) >= 11 is 0. The van der Waals surface area contributed by atoms with E-state index in [1.807, 2.05) is 0 Å². The van der Waals surface area contributed by atoms with Crippen LogP contribution in [-0.4, -0.2) is 0 Å². The molecule has 0 aliphatic heterocycles. The Hall–Kier alpha value is -0.780. The highest BCUT2D eigenvalue weighted by atomic mass is 14.4. The first kappa shape index (κ1) is 7.85. The molecule has 0 N–H and O–H groups in total. The minimum absolute atomic E-state index is 0.784. The van der Waals surface area contributed by atoms with E-state index in [0.29, 0.717) is 0 Å². The molecule has 64 valence electrons. The first-order valence-corrected chi connectivity index (χ1v) is 4.82. The molecule has 0 saturated heterocycles. The predicted molar refractivity (Wildman–Crippen MR) is 52.9 cm³/mol. The van der Waals surface area contributed by atoms with Gasteiger partial charge in [0.15, 0.2) is 0 Å². The third-order valence-electron chi connectivity index (χ3n) is 3.03. The Morgan fingerprint density at radius 1 is 1.50 bits per heavy atom. The monoisotopic (exact) mass is 160 g/mol. The zero-order valence-electron chi connectivity index (χ0n) is 7.88. The maximum atomic E-state index is 2.39. The standard InChI is InChI=1S/C12H16/c1-3-4-9(2)12-8-10-5-6-11(12)7-10/h3-6,10-11H,7-8H2,1-2H3. The summed E-state index contributed by atoms with van der Waals surface area (Å²) in [4.78, 5) is 0. The predicted octanol–water partition coefficient (Wildman–Crippen LogP) is 3.48. The minimum Gasteiger partial charge on any atom is -0.0874 e. The Morgan fingerprint density at radius 2 is 2.33 bits per heavy atom. The van der Waals surface area contributed by atoms with Gasteiger partial charge in [-0.1, -0.05) is 35.5 Å². The van der Waals surface area contributed by atoms with Crippen LogP contribution in [-0.2, 0) is 0 Å². The molecule has 0 heterocycles. The Balaban J connectivity index is 2.26. The fourth-order valence-electron chi connectivity index (χ4n) is 2.43.